The molecule has 1 fully saturated rings. The van der Waals surface area contributed by atoms with E-state index in [1.807, 2.05) is 23.9 Å². The van der Waals surface area contributed by atoms with Crippen LogP contribution in [0.15, 0.2) is 35.4 Å². The summed E-state index contributed by atoms with van der Waals surface area (Å²) in [5, 5.41) is 4.77. The van der Waals surface area contributed by atoms with Crippen LogP contribution in [0.1, 0.15) is 49.4 Å². The fraction of sp³-hybridized carbons (Fsp3) is 0.471. The number of hydrogen-bond acceptors (Lipinski definition) is 3. The maximum absolute atomic E-state index is 5.96. The summed E-state index contributed by atoms with van der Waals surface area (Å²) in [6, 6.07) is 8.88. The Bertz CT molecular complexity index is 600. The molecule has 0 unspecified atom stereocenters. The van der Waals surface area contributed by atoms with Gasteiger partial charge in [-0.3, -0.25) is 4.68 Å². The molecular formula is C17H23N3S. The highest BCUT2D eigenvalue weighted by atomic mass is 32.2. The fourth-order valence-corrected chi connectivity index (χ4v) is 3.91. The summed E-state index contributed by atoms with van der Waals surface area (Å²) >= 11 is 1.82. The lowest BCUT2D eigenvalue weighted by atomic mass is 9.96. The van der Waals surface area contributed by atoms with Gasteiger partial charge < -0.3 is 5.73 Å². The lowest BCUT2D eigenvalue weighted by Crippen LogP contribution is -2.13. The van der Waals surface area contributed by atoms with Crippen molar-refractivity contribution in [3.63, 3.8) is 0 Å². The molecule has 0 radical (unpaired) electrons. The summed E-state index contributed by atoms with van der Waals surface area (Å²) in [6.07, 6.45) is 8.78. The summed E-state index contributed by atoms with van der Waals surface area (Å²) in [5.74, 6) is 0.907. The van der Waals surface area contributed by atoms with Crippen molar-refractivity contribution < 1.29 is 0 Å². The molecule has 1 aliphatic rings. The van der Waals surface area contributed by atoms with Crippen LogP contribution in [-0.4, -0.2) is 9.78 Å². The number of thioether (sulfide) groups is 1. The molecule has 0 atom stereocenters. The maximum Gasteiger partial charge on any atom is 0.0727 e. The molecule has 1 aliphatic carbocycles. The van der Waals surface area contributed by atoms with Gasteiger partial charge in [-0.15, -0.1) is 11.8 Å². The van der Waals surface area contributed by atoms with E-state index in [0.29, 0.717) is 6.04 Å². The highest BCUT2D eigenvalue weighted by Gasteiger charge is 2.16. The maximum atomic E-state index is 5.96. The van der Waals surface area contributed by atoms with Crippen molar-refractivity contribution in [3.8, 4) is 0 Å². The molecule has 0 saturated heterocycles. The lowest BCUT2D eigenvalue weighted by molar-refractivity contribution is 0.328. The van der Waals surface area contributed by atoms with Gasteiger partial charge >= 0.3 is 0 Å². The van der Waals surface area contributed by atoms with Crippen molar-refractivity contribution in [2.75, 3.05) is 5.73 Å². The average molecular weight is 301 g/mol. The Balaban J connectivity index is 1.63. The van der Waals surface area contributed by atoms with E-state index in [2.05, 4.69) is 29.9 Å². The minimum Gasteiger partial charge on any atom is -0.398 e. The van der Waals surface area contributed by atoms with Gasteiger partial charge in [-0.05, 0) is 43.5 Å². The van der Waals surface area contributed by atoms with Crippen LogP contribution in [0.3, 0.4) is 0 Å². The van der Waals surface area contributed by atoms with E-state index in [-0.39, 0.29) is 0 Å². The molecule has 0 aliphatic heterocycles. The van der Waals surface area contributed by atoms with Crippen molar-refractivity contribution in [2.24, 2.45) is 0 Å². The first-order valence-electron chi connectivity index (χ1n) is 7.76. The number of nitrogens with two attached hydrogens (primary N) is 1. The van der Waals surface area contributed by atoms with Gasteiger partial charge in [0.05, 0.1) is 11.7 Å². The lowest BCUT2D eigenvalue weighted by Gasteiger charge is -2.21. The smallest absolute Gasteiger partial charge is 0.0727 e. The van der Waals surface area contributed by atoms with E-state index >= 15 is 0 Å². The van der Waals surface area contributed by atoms with Crippen molar-refractivity contribution in [1.82, 2.24) is 9.78 Å². The molecule has 3 rings (SSSR count). The van der Waals surface area contributed by atoms with Crippen LogP contribution >= 0.6 is 11.8 Å². The molecule has 0 amide bonds. The fourth-order valence-electron chi connectivity index (χ4n) is 2.94. The zero-order valence-electron chi connectivity index (χ0n) is 12.6. The molecule has 1 heterocycles. The molecule has 0 bridgehead atoms. The first kappa shape index (κ1) is 14.5. The summed E-state index contributed by atoms with van der Waals surface area (Å²) in [4.78, 5) is 1.25. The second-order valence-electron chi connectivity index (χ2n) is 5.84. The largest absolute Gasteiger partial charge is 0.398 e. The van der Waals surface area contributed by atoms with Crippen LogP contribution in [-0.2, 0) is 5.75 Å². The van der Waals surface area contributed by atoms with Crippen molar-refractivity contribution >= 4 is 17.4 Å². The SMILES string of the molecule is Cc1c(N)cccc1SCc1ccn(C2CCCCC2)n1. The second-order valence-corrected chi connectivity index (χ2v) is 6.86. The van der Waals surface area contributed by atoms with Gasteiger partial charge in [-0.2, -0.15) is 5.10 Å². The van der Waals surface area contributed by atoms with E-state index < -0.39 is 0 Å². The molecule has 1 aromatic heterocycles. The van der Waals surface area contributed by atoms with Gasteiger partial charge in [-0.1, -0.05) is 25.3 Å². The van der Waals surface area contributed by atoms with Crippen LogP contribution in [0, 0.1) is 6.92 Å². The molecule has 2 aromatic rings. The number of hydrogen-bond donors (Lipinski definition) is 1. The van der Waals surface area contributed by atoms with Crippen molar-refractivity contribution in [1.29, 1.82) is 0 Å². The van der Waals surface area contributed by atoms with E-state index in [9.17, 15) is 0 Å². The van der Waals surface area contributed by atoms with E-state index in [4.69, 9.17) is 10.8 Å². The van der Waals surface area contributed by atoms with Gasteiger partial charge in [0.15, 0.2) is 0 Å². The summed E-state index contributed by atoms with van der Waals surface area (Å²) < 4.78 is 2.18. The Morgan fingerprint density at radius 2 is 2.05 bits per heavy atom. The molecule has 112 valence electrons. The third-order valence-electron chi connectivity index (χ3n) is 4.31. The first-order chi connectivity index (χ1) is 10.2. The summed E-state index contributed by atoms with van der Waals surface area (Å²) in [7, 11) is 0. The van der Waals surface area contributed by atoms with Crippen molar-refractivity contribution in [3.05, 3.63) is 41.7 Å². The van der Waals surface area contributed by atoms with Gasteiger partial charge in [0, 0.05) is 22.5 Å². The van der Waals surface area contributed by atoms with Crippen molar-refractivity contribution in [2.45, 2.75) is 55.7 Å². The van der Waals surface area contributed by atoms with Gasteiger partial charge in [0.1, 0.15) is 0 Å². The Kier molecular flexibility index (Phi) is 4.54. The van der Waals surface area contributed by atoms with Gasteiger partial charge in [-0.25, -0.2) is 0 Å². The van der Waals surface area contributed by atoms with E-state index in [1.54, 1.807) is 0 Å². The summed E-state index contributed by atoms with van der Waals surface area (Å²) in [6.45, 7) is 2.08. The molecular weight excluding hydrogens is 278 g/mol. The molecule has 2 N–H and O–H groups in total. The number of aromatic nitrogens is 2. The Morgan fingerprint density at radius 1 is 1.24 bits per heavy atom. The topological polar surface area (TPSA) is 43.8 Å². The highest BCUT2D eigenvalue weighted by molar-refractivity contribution is 7.98. The predicted molar refractivity (Wildman–Crippen MR) is 89.5 cm³/mol. The van der Waals surface area contributed by atoms with E-state index in [0.717, 1.165) is 17.1 Å². The standard InChI is InChI=1S/C17H23N3S/c1-13-16(18)8-5-9-17(13)21-12-14-10-11-20(19-14)15-6-3-2-4-7-15/h5,8-11,15H,2-4,6-7,12,18H2,1H3. The molecule has 21 heavy (non-hydrogen) atoms. The minimum absolute atomic E-state index is 0.617. The second kappa shape index (κ2) is 6.56. The molecule has 0 spiro atoms. The molecule has 1 saturated carbocycles. The monoisotopic (exact) mass is 301 g/mol. The van der Waals surface area contributed by atoms with Crippen LogP contribution in [0.5, 0.6) is 0 Å². The zero-order chi connectivity index (χ0) is 14.7. The normalized spacial score (nSPS) is 16.2. The molecule has 3 nitrogen and oxygen atoms in total. The average Bonchev–Trinajstić information content (AvgIpc) is 2.99. The van der Waals surface area contributed by atoms with Gasteiger partial charge in [0.25, 0.3) is 0 Å². The Morgan fingerprint density at radius 3 is 2.86 bits per heavy atom. The van der Waals surface area contributed by atoms with Crippen LogP contribution in [0.4, 0.5) is 5.69 Å². The third-order valence-corrected chi connectivity index (χ3v) is 5.51. The number of benzene rings is 1. The zero-order valence-corrected chi connectivity index (χ0v) is 13.4. The number of nitrogen functional groups attached to an aromatic ring is 1. The number of rotatable bonds is 4. The highest BCUT2D eigenvalue weighted by Crippen LogP contribution is 2.30. The van der Waals surface area contributed by atoms with Gasteiger partial charge in [0.2, 0.25) is 0 Å². The van der Waals surface area contributed by atoms with Crippen LogP contribution in [0.2, 0.25) is 0 Å². The Hall–Kier alpha value is -1.42. The summed E-state index contributed by atoms with van der Waals surface area (Å²) in [5.41, 5.74) is 9.16. The minimum atomic E-state index is 0.617. The molecule has 1 aromatic carbocycles. The van der Waals surface area contributed by atoms with Crippen LogP contribution < -0.4 is 5.73 Å². The molecule has 4 heteroatoms. The third kappa shape index (κ3) is 3.43. The van der Waals surface area contributed by atoms with E-state index in [1.165, 1.54) is 42.6 Å². The number of nitrogens with zero attached hydrogens (tertiary/aromatic N) is 2. The first-order valence-corrected chi connectivity index (χ1v) is 8.74. The predicted octanol–water partition coefficient (Wildman–Crippen LogP) is 4.57. The number of anilines is 1. The van der Waals surface area contributed by atoms with Crippen LogP contribution in [0.25, 0.3) is 0 Å². The quantitative estimate of drug-likeness (QED) is 0.664. The Labute approximate surface area is 130 Å².